The second-order valence-corrected chi connectivity index (χ2v) is 3.24. The minimum atomic E-state index is -1.02. The number of nitrogens with zero attached hydrogens (tertiary/aromatic N) is 1. The Labute approximate surface area is 72.8 Å². The van der Waals surface area contributed by atoms with Crippen molar-refractivity contribution in [2.24, 2.45) is 0 Å². The average Bonchev–Trinajstić information content (AvgIpc) is 1.98. The molecule has 4 heteroatoms. The van der Waals surface area contributed by atoms with Crippen LogP contribution in [0.4, 0.5) is 0 Å². The van der Waals surface area contributed by atoms with Gasteiger partial charge in [-0.2, -0.15) is 0 Å². The lowest BCUT2D eigenvalue weighted by Crippen LogP contribution is -2.41. The second kappa shape index (κ2) is 5.24. The minimum absolute atomic E-state index is 0.303. The molecule has 0 rings (SSSR count). The summed E-state index contributed by atoms with van der Waals surface area (Å²) in [6.07, 6.45) is -0.637. The van der Waals surface area contributed by atoms with E-state index in [1.54, 1.807) is 25.9 Å². The maximum atomic E-state index is 10.3. The number of likely N-dealkylation sites (N-methyl/N-ethyl adjacent to an activating group) is 1. The van der Waals surface area contributed by atoms with Gasteiger partial charge in [0.2, 0.25) is 0 Å². The molecule has 0 aromatic rings. The summed E-state index contributed by atoms with van der Waals surface area (Å²) in [5.74, 6) is 0. The van der Waals surface area contributed by atoms with Gasteiger partial charge in [-0.05, 0) is 27.4 Å². The SMILES string of the molecule is C[C@@H](O)C[C@@H](C(O)C=O)N(C)C. The first-order chi connectivity index (χ1) is 5.49. The largest absolute Gasteiger partial charge is 0.393 e. The van der Waals surface area contributed by atoms with Gasteiger partial charge in [-0.25, -0.2) is 0 Å². The fourth-order valence-electron chi connectivity index (χ4n) is 1.10. The maximum absolute atomic E-state index is 10.3. The topological polar surface area (TPSA) is 60.8 Å². The minimum Gasteiger partial charge on any atom is -0.393 e. The van der Waals surface area contributed by atoms with Crippen LogP contribution in [0, 0.1) is 0 Å². The molecule has 0 saturated carbocycles. The van der Waals surface area contributed by atoms with Crippen LogP contribution in [0.2, 0.25) is 0 Å². The molecule has 0 bridgehead atoms. The van der Waals surface area contributed by atoms with E-state index in [0.717, 1.165) is 0 Å². The highest BCUT2D eigenvalue weighted by Crippen LogP contribution is 2.07. The molecule has 2 N–H and O–H groups in total. The average molecular weight is 175 g/mol. The molecule has 4 nitrogen and oxygen atoms in total. The van der Waals surface area contributed by atoms with Crippen LogP contribution in [0.1, 0.15) is 13.3 Å². The molecule has 0 aliphatic rings. The molecular weight excluding hydrogens is 158 g/mol. The standard InChI is InChI=1S/C8H17NO3/c1-6(11)4-7(9(2)3)8(12)5-10/h5-8,11-12H,4H2,1-3H3/t6-,7+,8?/m1/s1. The number of hydrogen-bond donors (Lipinski definition) is 2. The molecule has 0 aromatic carbocycles. The lowest BCUT2D eigenvalue weighted by molar-refractivity contribution is -0.118. The molecule has 0 aliphatic carbocycles. The van der Waals surface area contributed by atoms with E-state index < -0.39 is 12.2 Å². The van der Waals surface area contributed by atoms with E-state index >= 15 is 0 Å². The van der Waals surface area contributed by atoms with Crippen LogP contribution in [-0.2, 0) is 4.79 Å². The number of carbonyl (C=O) groups is 1. The van der Waals surface area contributed by atoms with E-state index in [4.69, 9.17) is 5.11 Å². The summed E-state index contributed by atoms with van der Waals surface area (Å²) in [5, 5.41) is 18.3. The number of carbonyl (C=O) groups excluding carboxylic acids is 1. The Morgan fingerprint density at radius 2 is 1.92 bits per heavy atom. The Kier molecular flexibility index (Phi) is 5.04. The van der Waals surface area contributed by atoms with E-state index in [1.165, 1.54) is 0 Å². The van der Waals surface area contributed by atoms with Gasteiger partial charge in [0, 0.05) is 6.04 Å². The number of aliphatic hydroxyl groups is 2. The zero-order valence-electron chi connectivity index (χ0n) is 7.77. The molecule has 12 heavy (non-hydrogen) atoms. The molecule has 0 aromatic heterocycles. The summed E-state index contributed by atoms with van der Waals surface area (Å²) < 4.78 is 0. The van der Waals surface area contributed by atoms with Crippen molar-refractivity contribution in [2.75, 3.05) is 14.1 Å². The quantitative estimate of drug-likeness (QED) is 0.540. The second-order valence-electron chi connectivity index (χ2n) is 3.24. The number of hydrogen-bond acceptors (Lipinski definition) is 4. The molecule has 0 fully saturated rings. The van der Waals surface area contributed by atoms with Crippen LogP contribution in [0.3, 0.4) is 0 Å². The highest BCUT2D eigenvalue weighted by molar-refractivity contribution is 5.56. The van der Waals surface area contributed by atoms with Crippen molar-refractivity contribution in [2.45, 2.75) is 31.6 Å². The summed E-state index contributed by atoms with van der Waals surface area (Å²) in [7, 11) is 3.53. The number of aldehydes is 1. The third-order valence-corrected chi connectivity index (χ3v) is 1.78. The van der Waals surface area contributed by atoms with E-state index in [-0.39, 0.29) is 6.04 Å². The first-order valence-electron chi connectivity index (χ1n) is 3.97. The van der Waals surface area contributed by atoms with E-state index in [9.17, 15) is 9.90 Å². The van der Waals surface area contributed by atoms with Crippen molar-refractivity contribution in [3.05, 3.63) is 0 Å². The molecule has 72 valence electrons. The lowest BCUT2D eigenvalue weighted by atomic mass is 10.0. The van der Waals surface area contributed by atoms with Crippen molar-refractivity contribution < 1.29 is 15.0 Å². The van der Waals surface area contributed by atoms with Gasteiger partial charge in [-0.15, -0.1) is 0 Å². The molecule has 1 unspecified atom stereocenters. The molecule has 3 atom stereocenters. The molecule has 0 aliphatic heterocycles. The van der Waals surface area contributed by atoms with Crippen molar-refractivity contribution in [3.63, 3.8) is 0 Å². The van der Waals surface area contributed by atoms with E-state index in [1.807, 2.05) is 0 Å². The zero-order valence-corrected chi connectivity index (χ0v) is 7.77. The highest BCUT2D eigenvalue weighted by Gasteiger charge is 2.21. The zero-order chi connectivity index (χ0) is 9.72. The summed E-state index contributed by atoms with van der Waals surface area (Å²) in [6.45, 7) is 1.63. The van der Waals surface area contributed by atoms with Crippen molar-refractivity contribution in [3.8, 4) is 0 Å². The third-order valence-electron chi connectivity index (χ3n) is 1.78. The van der Waals surface area contributed by atoms with Crippen LogP contribution < -0.4 is 0 Å². The first-order valence-corrected chi connectivity index (χ1v) is 3.97. The van der Waals surface area contributed by atoms with Crippen molar-refractivity contribution in [1.82, 2.24) is 4.90 Å². The van der Waals surface area contributed by atoms with E-state index in [2.05, 4.69) is 0 Å². The fraction of sp³-hybridized carbons (Fsp3) is 0.875. The highest BCUT2D eigenvalue weighted by atomic mass is 16.3. The fourth-order valence-corrected chi connectivity index (χ4v) is 1.10. The van der Waals surface area contributed by atoms with E-state index in [0.29, 0.717) is 12.7 Å². The van der Waals surface area contributed by atoms with Crippen LogP contribution in [0.5, 0.6) is 0 Å². The third kappa shape index (κ3) is 3.80. The Morgan fingerprint density at radius 3 is 2.17 bits per heavy atom. The Bertz CT molecular complexity index is 136. The molecular formula is C8H17NO3. The summed E-state index contributed by atoms with van der Waals surface area (Å²) in [6, 6.07) is -0.303. The molecule has 0 saturated heterocycles. The normalized spacial score (nSPS) is 18.8. The lowest BCUT2D eigenvalue weighted by Gasteiger charge is -2.26. The Balaban J connectivity index is 4.12. The molecule has 0 heterocycles. The van der Waals surface area contributed by atoms with Crippen molar-refractivity contribution >= 4 is 6.29 Å². The maximum Gasteiger partial charge on any atom is 0.150 e. The van der Waals surface area contributed by atoms with Gasteiger partial charge in [0.05, 0.1) is 6.10 Å². The van der Waals surface area contributed by atoms with Crippen molar-refractivity contribution in [1.29, 1.82) is 0 Å². The predicted octanol–water partition coefficient (Wildman–Crippen LogP) is -0.753. The van der Waals surface area contributed by atoms with Gasteiger partial charge < -0.3 is 19.9 Å². The predicted molar refractivity (Wildman–Crippen MR) is 45.8 cm³/mol. The smallest absolute Gasteiger partial charge is 0.150 e. The summed E-state index contributed by atoms with van der Waals surface area (Å²) >= 11 is 0. The Hall–Kier alpha value is -0.450. The van der Waals surface area contributed by atoms with Gasteiger partial charge >= 0.3 is 0 Å². The number of aliphatic hydroxyl groups excluding tert-OH is 2. The number of rotatable bonds is 5. The summed E-state index contributed by atoms with van der Waals surface area (Å²) in [4.78, 5) is 12.0. The van der Waals surface area contributed by atoms with Gasteiger partial charge in [-0.3, -0.25) is 0 Å². The van der Waals surface area contributed by atoms with Crippen LogP contribution >= 0.6 is 0 Å². The first kappa shape index (κ1) is 11.6. The van der Waals surface area contributed by atoms with Crippen LogP contribution in [-0.4, -0.2) is 53.7 Å². The van der Waals surface area contributed by atoms with Gasteiger partial charge in [-0.1, -0.05) is 0 Å². The van der Waals surface area contributed by atoms with Gasteiger partial charge in [0.15, 0.2) is 0 Å². The van der Waals surface area contributed by atoms with Crippen LogP contribution in [0.15, 0.2) is 0 Å². The monoisotopic (exact) mass is 175 g/mol. The molecule has 0 spiro atoms. The molecule has 0 amide bonds. The van der Waals surface area contributed by atoms with Gasteiger partial charge in [0.25, 0.3) is 0 Å². The summed E-state index contributed by atoms with van der Waals surface area (Å²) in [5.41, 5.74) is 0. The molecule has 0 radical (unpaired) electrons. The van der Waals surface area contributed by atoms with Gasteiger partial charge in [0.1, 0.15) is 12.4 Å². The van der Waals surface area contributed by atoms with Crippen LogP contribution in [0.25, 0.3) is 0 Å². The Morgan fingerprint density at radius 1 is 1.42 bits per heavy atom.